The molecule has 1 heterocycles. The number of H-pyrrole nitrogens is 1. The Balaban J connectivity index is 2.30. The highest BCUT2D eigenvalue weighted by molar-refractivity contribution is 7.80. The van der Waals surface area contributed by atoms with Gasteiger partial charge in [0.2, 0.25) is 0 Å². The molecule has 1 N–H and O–H groups in total. The van der Waals surface area contributed by atoms with Crippen LogP contribution in [0.5, 0.6) is 0 Å². The molecule has 0 radical (unpaired) electrons. The Morgan fingerprint density at radius 2 is 2.31 bits per heavy atom. The van der Waals surface area contributed by atoms with Gasteiger partial charge >= 0.3 is 5.97 Å². The minimum Gasteiger partial charge on any atom is -0.466 e. The van der Waals surface area contributed by atoms with Crippen LogP contribution >= 0.6 is 12.6 Å². The first-order valence-corrected chi connectivity index (χ1v) is 5.60. The third kappa shape index (κ3) is 2.22. The second-order valence-corrected chi connectivity index (χ2v) is 4.04. The molecular weight excluding hydrogens is 222 g/mol. The number of benzene rings is 1. The normalized spacial score (nSPS) is 10.6. The van der Waals surface area contributed by atoms with Crippen molar-refractivity contribution >= 4 is 29.5 Å². The maximum absolute atomic E-state index is 11.4. The molecule has 0 saturated heterocycles. The molecule has 0 unspecified atom stereocenters. The van der Waals surface area contributed by atoms with Gasteiger partial charge in [-0.2, -0.15) is 0 Å². The van der Waals surface area contributed by atoms with Crippen LogP contribution in [0.15, 0.2) is 29.3 Å². The third-order valence-electron chi connectivity index (χ3n) is 2.39. The first kappa shape index (κ1) is 11.1. The van der Waals surface area contributed by atoms with Gasteiger partial charge in [0.1, 0.15) is 0 Å². The topological polar surface area (TPSA) is 42.1 Å². The van der Waals surface area contributed by atoms with Gasteiger partial charge in [-0.3, -0.25) is 4.79 Å². The molecule has 84 valence electrons. The minimum absolute atomic E-state index is 0.201. The number of ether oxygens (including phenoxy) is 1. The molecule has 1 aromatic heterocycles. The van der Waals surface area contributed by atoms with E-state index in [0.717, 1.165) is 21.4 Å². The highest BCUT2D eigenvalue weighted by Crippen LogP contribution is 2.22. The molecular formula is C12H13NO2S. The number of carbonyl (C=O) groups is 1. The molecule has 0 aliphatic rings. The van der Waals surface area contributed by atoms with Gasteiger partial charge in [0, 0.05) is 22.0 Å². The summed E-state index contributed by atoms with van der Waals surface area (Å²) < 4.78 is 4.92. The Bertz CT molecular complexity index is 519. The number of thiol groups is 1. The van der Waals surface area contributed by atoms with Crippen LogP contribution < -0.4 is 0 Å². The Kier molecular flexibility index (Phi) is 3.19. The summed E-state index contributed by atoms with van der Waals surface area (Å²) in [6.45, 7) is 2.22. The number of hydrogen-bond acceptors (Lipinski definition) is 3. The SMILES string of the molecule is CCOC(=O)Cc1c[nH]c2ccc(S)cc12. The molecule has 0 amide bonds. The quantitative estimate of drug-likeness (QED) is 0.634. The van der Waals surface area contributed by atoms with Crippen molar-refractivity contribution in [2.75, 3.05) is 6.61 Å². The van der Waals surface area contributed by atoms with Crippen LogP contribution in [0.4, 0.5) is 0 Å². The van der Waals surface area contributed by atoms with Crippen molar-refractivity contribution in [3.8, 4) is 0 Å². The predicted molar refractivity (Wildman–Crippen MR) is 65.9 cm³/mol. The number of rotatable bonds is 3. The van der Waals surface area contributed by atoms with Gasteiger partial charge in [0.25, 0.3) is 0 Å². The molecule has 0 bridgehead atoms. The highest BCUT2D eigenvalue weighted by atomic mass is 32.1. The van der Waals surface area contributed by atoms with E-state index in [1.807, 2.05) is 24.4 Å². The lowest BCUT2D eigenvalue weighted by atomic mass is 10.1. The Morgan fingerprint density at radius 3 is 3.06 bits per heavy atom. The van der Waals surface area contributed by atoms with Crippen LogP contribution in [0.1, 0.15) is 12.5 Å². The van der Waals surface area contributed by atoms with Crippen LogP contribution in [-0.4, -0.2) is 17.6 Å². The van der Waals surface area contributed by atoms with Crippen molar-refractivity contribution in [2.24, 2.45) is 0 Å². The summed E-state index contributed by atoms with van der Waals surface area (Å²) in [6.07, 6.45) is 2.14. The van der Waals surface area contributed by atoms with Crippen molar-refractivity contribution in [1.82, 2.24) is 4.98 Å². The van der Waals surface area contributed by atoms with E-state index in [9.17, 15) is 4.79 Å². The summed E-state index contributed by atoms with van der Waals surface area (Å²) in [6, 6.07) is 5.81. The molecule has 2 rings (SSSR count). The van der Waals surface area contributed by atoms with Gasteiger partial charge in [-0.25, -0.2) is 0 Å². The van der Waals surface area contributed by atoms with Gasteiger partial charge in [0.15, 0.2) is 0 Å². The number of aromatic nitrogens is 1. The fourth-order valence-corrected chi connectivity index (χ4v) is 1.88. The zero-order valence-corrected chi connectivity index (χ0v) is 9.88. The van der Waals surface area contributed by atoms with Gasteiger partial charge in [-0.15, -0.1) is 12.6 Å². The molecule has 16 heavy (non-hydrogen) atoms. The van der Waals surface area contributed by atoms with E-state index in [-0.39, 0.29) is 5.97 Å². The van der Waals surface area contributed by atoms with Crippen molar-refractivity contribution in [1.29, 1.82) is 0 Å². The average Bonchev–Trinajstić information content (AvgIpc) is 2.61. The van der Waals surface area contributed by atoms with Gasteiger partial charge in [0.05, 0.1) is 13.0 Å². The van der Waals surface area contributed by atoms with Crippen LogP contribution in [-0.2, 0) is 16.0 Å². The summed E-state index contributed by atoms with van der Waals surface area (Å²) in [5.41, 5.74) is 1.96. The molecule has 0 aliphatic heterocycles. The molecule has 0 spiro atoms. The number of carbonyl (C=O) groups excluding carboxylic acids is 1. The number of esters is 1. The van der Waals surface area contributed by atoms with Crippen LogP contribution in [0.25, 0.3) is 10.9 Å². The third-order valence-corrected chi connectivity index (χ3v) is 2.67. The number of aromatic amines is 1. The van der Waals surface area contributed by atoms with E-state index in [1.165, 1.54) is 0 Å². The van der Waals surface area contributed by atoms with Crippen LogP contribution in [0.2, 0.25) is 0 Å². The van der Waals surface area contributed by atoms with Crippen LogP contribution in [0.3, 0.4) is 0 Å². The Labute approximate surface area is 99.2 Å². The van der Waals surface area contributed by atoms with Gasteiger partial charge in [-0.05, 0) is 30.7 Å². The van der Waals surface area contributed by atoms with E-state index in [2.05, 4.69) is 17.6 Å². The fourth-order valence-electron chi connectivity index (χ4n) is 1.68. The number of fused-ring (bicyclic) bond motifs is 1. The van der Waals surface area contributed by atoms with Crippen molar-refractivity contribution in [3.63, 3.8) is 0 Å². The van der Waals surface area contributed by atoms with Crippen LogP contribution in [0, 0.1) is 0 Å². The maximum Gasteiger partial charge on any atom is 0.310 e. The second kappa shape index (κ2) is 4.61. The highest BCUT2D eigenvalue weighted by Gasteiger charge is 2.09. The molecule has 0 aliphatic carbocycles. The standard InChI is InChI=1S/C12H13NO2S/c1-2-15-12(14)5-8-7-13-11-4-3-9(16)6-10(8)11/h3-4,6-7,13,16H,2,5H2,1H3. The van der Waals surface area contributed by atoms with E-state index in [0.29, 0.717) is 13.0 Å². The number of hydrogen-bond donors (Lipinski definition) is 2. The smallest absolute Gasteiger partial charge is 0.310 e. The Morgan fingerprint density at radius 1 is 1.50 bits per heavy atom. The first-order valence-electron chi connectivity index (χ1n) is 5.15. The van der Waals surface area contributed by atoms with E-state index in [1.54, 1.807) is 6.92 Å². The van der Waals surface area contributed by atoms with Crippen molar-refractivity contribution < 1.29 is 9.53 Å². The summed E-state index contributed by atoms with van der Waals surface area (Å²) in [5.74, 6) is -0.201. The summed E-state index contributed by atoms with van der Waals surface area (Å²) in [7, 11) is 0. The molecule has 4 heteroatoms. The molecule has 2 aromatic rings. The number of nitrogens with one attached hydrogen (secondary N) is 1. The fraction of sp³-hybridized carbons (Fsp3) is 0.250. The molecule has 3 nitrogen and oxygen atoms in total. The molecule has 0 atom stereocenters. The maximum atomic E-state index is 11.4. The second-order valence-electron chi connectivity index (χ2n) is 3.53. The van der Waals surface area contributed by atoms with Crippen molar-refractivity contribution in [2.45, 2.75) is 18.2 Å². The zero-order valence-electron chi connectivity index (χ0n) is 8.99. The zero-order chi connectivity index (χ0) is 11.5. The molecule has 1 aromatic carbocycles. The van der Waals surface area contributed by atoms with E-state index in [4.69, 9.17) is 4.74 Å². The average molecular weight is 235 g/mol. The lowest BCUT2D eigenvalue weighted by Gasteiger charge is -2.00. The van der Waals surface area contributed by atoms with E-state index < -0.39 is 0 Å². The molecule has 0 fully saturated rings. The summed E-state index contributed by atoms with van der Waals surface area (Å²) >= 11 is 4.28. The molecule has 0 saturated carbocycles. The lowest BCUT2D eigenvalue weighted by molar-refractivity contribution is -0.142. The Hall–Kier alpha value is -1.42. The first-order chi connectivity index (χ1) is 7.70. The lowest BCUT2D eigenvalue weighted by Crippen LogP contribution is -2.06. The predicted octanol–water partition coefficient (Wildman–Crippen LogP) is 2.56. The summed E-state index contributed by atoms with van der Waals surface area (Å²) in [5, 5.41) is 1.03. The van der Waals surface area contributed by atoms with E-state index >= 15 is 0 Å². The summed E-state index contributed by atoms with van der Waals surface area (Å²) in [4.78, 5) is 15.4. The van der Waals surface area contributed by atoms with Gasteiger partial charge in [-0.1, -0.05) is 0 Å². The van der Waals surface area contributed by atoms with Gasteiger partial charge < -0.3 is 9.72 Å². The monoisotopic (exact) mass is 235 g/mol. The largest absolute Gasteiger partial charge is 0.466 e. The minimum atomic E-state index is -0.201. The van der Waals surface area contributed by atoms with Crippen molar-refractivity contribution in [3.05, 3.63) is 30.0 Å².